The fraction of sp³-hybridized carbons (Fsp3) is 0.438. The van der Waals surface area contributed by atoms with E-state index in [4.69, 9.17) is 0 Å². The molecule has 4 rings (SSSR count). The average molecular weight is 313 g/mol. The van der Waals surface area contributed by atoms with E-state index in [9.17, 15) is 9.59 Å². The molecule has 2 aliphatic rings. The van der Waals surface area contributed by atoms with E-state index in [1.807, 2.05) is 13.1 Å². The summed E-state index contributed by atoms with van der Waals surface area (Å²) in [6.45, 7) is 2.43. The number of hydrogen-bond donors (Lipinski definition) is 2. The Labute approximate surface area is 133 Å². The number of amides is 3. The van der Waals surface area contributed by atoms with Gasteiger partial charge in [-0.3, -0.25) is 19.7 Å². The molecule has 3 heterocycles. The van der Waals surface area contributed by atoms with E-state index in [1.165, 1.54) is 5.56 Å². The van der Waals surface area contributed by atoms with Gasteiger partial charge in [-0.1, -0.05) is 6.07 Å². The van der Waals surface area contributed by atoms with Crippen LogP contribution in [0.2, 0.25) is 0 Å². The van der Waals surface area contributed by atoms with E-state index < -0.39 is 6.03 Å². The Kier molecular flexibility index (Phi) is 3.30. The summed E-state index contributed by atoms with van der Waals surface area (Å²) in [7, 11) is 1.88. The van der Waals surface area contributed by atoms with Crippen LogP contribution in [0, 0.1) is 0 Å². The molecule has 2 aliphatic heterocycles. The topological polar surface area (TPSA) is 79.3 Å². The van der Waals surface area contributed by atoms with E-state index in [1.54, 1.807) is 9.58 Å². The van der Waals surface area contributed by atoms with Crippen molar-refractivity contribution in [1.29, 1.82) is 0 Å². The Hall–Kier alpha value is -2.41. The van der Waals surface area contributed by atoms with Crippen molar-refractivity contribution in [3.05, 3.63) is 23.8 Å². The Morgan fingerprint density at radius 2 is 2.17 bits per heavy atom. The Balaban J connectivity index is 1.74. The molecule has 7 nitrogen and oxygen atoms in total. The van der Waals surface area contributed by atoms with Gasteiger partial charge >= 0.3 is 6.03 Å². The van der Waals surface area contributed by atoms with Crippen LogP contribution in [0.1, 0.15) is 24.3 Å². The van der Waals surface area contributed by atoms with Gasteiger partial charge in [-0.05, 0) is 36.6 Å². The number of anilines is 1. The quantitative estimate of drug-likeness (QED) is 0.870. The van der Waals surface area contributed by atoms with Gasteiger partial charge in [0.05, 0.1) is 5.52 Å². The molecule has 0 unspecified atom stereocenters. The van der Waals surface area contributed by atoms with E-state index in [2.05, 4.69) is 27.9 Å². The fourth-order valence-electron chi connectivity index (χ4n) is 3.41. The first-order chi connectivity index (χ1) is 11.1. The number of aryl methyl sites for hydroxylation is 1. The zero-order chi connectivity index (χ0) is 16.0. The third kappa shape index (κ3) is 2.37. The van der Waals surface area contributed by atoms with Crippen molar-refractivity contribution in [2.75, 3.05) is 24.5 Å². The van der Waals surface area contributed by atoms with Crippen molar-refractivity contribution in [2.24, 2.45) is 7.05 Å². The number of carbonyl (C=O) groups is 2. The van der Waals surface area contributed by atoms with Gasteiger partial charge in [-0.25, -0.2) is 4.79 Å². The fourth-order valence-corrected chi connectivity index (χ4v) is 3.41. The second-order valence-electron chi connectivity index (χ2n) is 6.17. The lowest BCUT2D eigenvalue weighted by Crippen LogP contribution is -2.49. The highest BCUT2D eigenvalue weighted by atomic mass is 16.2. The van der Waals surface area contributed by atoms with Gasteiger partial charge in [-0.2, -0.15) is 5.10 Å². The van der Waals surface area contributed by atoms with Crippen molar-refractivity contribution < 1.29 is 9.59 Å². The van der Waals surface area contributed by atoms with Crippen LogP contribution in [0.25, 0.3) is 10.9 Å². The molecular formula is C16H19N5O2. The SMILES string of the molecule is Cn1nc(N2CCC(=O)NC2=O)c2ccc([C@H]3CCNC3)cc21. The van der Waals surface area contributed by atoms with Crippen LogP contribution >= 0.6 is 0 Å². The van der Waals surface area contributed by atoms with Crippen LogP contribution in [0.15, 0.2) is 18.2 Å². The van der Waals surface area contributed by atoms with Crippen LogP contribution in [0.4, 0.5) is 10.6 Å². The molecule has 2 saturated heterocycles. The highest BCUT2D eigenvalue weighted by Crippen LogP contribution is 2.31. The molecule has 1 aromatic heterocycles. The van der Waals surface area contributed by atoms with Crippen molar-refractivity contribution in [3.8, 4) is 0 Å². The molecule has 2 aromatic rings. The Morgan fingerprint density at radius 1 is 1.30 bits per heavy atom. The Bertz CT molecular complexity index is 791. The largest absolute Gasteiger partial charge is 0.329 e. The van der Waals surface area contributed by atoms with Crippen molar-refractivity contribution in [2.45, 2.75) is 18.8 Å². The van der Waals surface area contributed by atoms with Crippen LogP contribution in [0.5, 0.6) is 0 Å². The van der Waals surface area contributed by atoms with Crippen molar-refractivity contribution in [3.63, 3.8) is 0 Å². The third-order valence-electron chi connectivity index (χ3n) is 4.70. The predicted molar refractivity (Wildman–Crippen MR) is 86.4 cm³/mol. The minimum Gasteiger partial charge on any atom is -0.316 e. The maximum absolute atomic E-state index is 12.1. The summed E-state index contributed by atoms with van der Waals surface area (Å²) in [6.07, 6.45) is 1.45. The van der Waals surface area contributed by atoms with Crippen LogP contribution in [-0.2, 0) is 11.8 Å². The maximum Gasteiger partial charge on any atom is 0.329 e. The smallest absolute Gasteiger partial charge is 0.316 e. The summed E-state index contributed by atoms with van der Waals surface area (Å²) in [5.74, 6) is 0.916. The Morgan fingerprint density at radius 3 is 2.91 bits per heavy atom. The average Bonchev–Trinajstić information content (AvgIpc) is 3.16. The lowest BCUT2D eigenvalue weighted by atomic mass is 9.97. The first-order valence-corrected chi connectivity index (χ1v) is 7.92. The summed E-state index contributed by atoms with van der Waals surface area (Å²) in [4.78, 5) is 24.9. The zero-order valence-corrected chi connectivity index (χ0v) is 13.0. The number of carbonyl (C=O) groups excluding carboxylic acids is 2. The van der Waals surface area contributed by atoms with Gasteiger partial charge in [0.1, 0.15) is 0 Å². The minimum atomic E-state index is -0.398. The number of imide groups is 1. The first kappa shape index (κ1) is 14.2. The van der Waals surface area contributed by atoms with Gasteiger partial charge in [0.2, 0.25) is 5.91 Å². The summed E-state index contributed by atoms with van der Waals surface area (Å²) in [5, 5.41) is 11.2. The normalized spacial score (nSPS) is 22.0. The number of urea groups is 1. The van der Waals surface area contributed by atoms with Gasteiger partial charge in [0.15, 0.2) is 5.82 Å². The lowest BCUT2D eigenvalue weighted by molar-refractivity contribution is -0.120. The van der Waals surface area contributed by atoms with E-state index >= 15 is 0 Å². The predicted octanol–water partition coefficient (Wildman–Crippen LogP) is 1.10. The molecule has 0 radical (unpaired) electrons. The molecule has 2 N–H and O–H groups in total. The zero-order valence-electron chi connectivity index (χ0n) is 13.0. The number of nitrogens with one attached hydrogen (secondary N) is 2. The van der Waals surface area contributed by atoms with Crippen molar-refractivity contribution in [1.82, 2.24) is 20.4 Å². The molecule has 2 fully saturated rings. The maximum atomic E-state index is 12.1. The number of benzene rings is 1. The summed E-state index contributed by atoms with van der Waals surface area (Å²) in [5.41, 5.74) is 2.31. The molecule has 0 spiro atoms. The van der Waals surface area contributed by atoms with Gasteiger partial charge in [0, 0.05) is 31.9 Å². The molecule has 0 bridgehead atoms. The number of nitrogens with zero attached hydrogens (tertiary/aromatic N) is 3. The molecule has 3 amide bonds. The molecule has 23 heavy (non-hydrogen) atoms. The second-order valence-corrected chi connectivity index (χ2v) is 6.17. The first-order valence-electron chi connectivity index (χ1n) is 7.92. The molecule has 7 heteroatoms. The van der Waals surface area contributed by atoms with Crippen molar-refractivity contribution >= 4 is 28.7 Å². The highest BCUT2D eigenvalue weighted by Gasteiger charge is 2.28. The number of aromatic nitrogens is 2. The molecule has 0 aliphatic carbocycles. The third-order valence-corrected chi connectivity index (χ3v) is 4.70. The number of rotatable bonds is 2. The minimum absolute atomic E-state index is 0.234. The molecular weight excluding hydrogens is 294 g/mol. The molecule has 120 valence electrons. The van der Waals surface area contributed by atoms with E-state index in [0.717, 1.165) is 30.4 Å². The van der Waals surface area contributed by atoms with E-state index in [0.29, 0.717) is 24.7 Å². The number of fused-ring (bicyclic) bond motifs is 1. The summed E-state index contributed by atoms with van der Waals surface area (Å²) < 4.78 is 1.81. The highest BCUT2D eigenvalue weighted by molar-refractivity contribution is 6.08. The van der Waals surface area contributed by atoms with E-state index in [-0.39, 0.29) is 5.91 Å². The molecule has 0 saturated carbocycles. The molecule has 1 atom stereocenters. The van der Waals surface area contributed by atoms with Gasteiger partial charge in [-0.15, -0.1) is 0 Å². The lowest BCUT2D eigenvalue weighted by Gasteiger charge is -2.24. The standard InChI is InChI=1S/C16H19N5O2/c1-20-13-8-10(11-4-6-17-9-11)2-3-12(13)15(19-20)21-7-5-14(22)18-16(21)23/h2-3,8,11,17H,4-7,9H2,1H3,(H,18,22,23)/t11-/m0/s1. The van der Waals surface area contributed by atoms with Crippen LogP contribution in [0.3, 0.4) is 0 Å². The van der Waals surface area contributed by atoms with Crippen LogP contribution in [-0.4, -0.2) is 41.4 Å². The van der Waals surface area contributed by atoms with Gasteiger partial charge < -0.3 is 5.32 Å². The summed E-state index contributed by atoms with van der Waals surface area (Å²) in [6, 6.07) is 5.93. The monoisotopic (exact) mass is 313 g/mol. The summed E-state index contributed by atoms with van der Waals surface area (Å²) >= 11 is 0. The van der Waals surface area contributed by atoms with Crippen LogP contribution < -0.4 is 15.5 Å². The second kappa shape index (κ2) is 5.34. The van der Waals surface area contributed by atoms with Gasteiger partial charge in [0.25, 0.3) is 0 Å². The molecule has 1 aromatic carbocycles. The number of hydrogen-bond acceptors (Lipinski definition) is 4.